The van der Waals surface area contributed by atoms with Crippen molar-refractivity contribution in [2.45, 2.75) is 6.42 Å². The first kappa shape index (κ1) is 17.9. The van der Waals surface area contributed by atoms with Crippen LogP contribution in [0, 0.1) is 0 Å². The fourth-order valence-corrected chi connectivity index (χ4v) is 3.47. The summed E-state index contributed by atoms with van der Waals surface area (Å²) in [5, 5.41) is 5.40. The van der Waals surface area contributed by atoms with Crippen molar-refractivity contribution < 1.29 is 9.53 Å². The highest BCUT2D eigenvalue weighted by Crippen LogP contribution is 2.23. The average Bonchev–Trinajstić information content (AvgIpc) is 3.12. The maximum Gasteiger partial charge on any atom is 0.268 e. The Balaban J connectivity index is 1.50. The van der Waals surface area contributed by atoms with Crippen molar-refractivity contribution in [3.05, 3.63) is 76.3 Å². The zero-order valence-electron chi connectivity index (χ0n) is 15.8. The molecule has 2 aromatic carbocycles. The molecule has 6 heteroatoms. The molecule has 0 fully saturated rings. The number of fused-ring (bicyclic) bond motifs is 2. The minimum Gasteiger partial charge on any atom is -0.497 e. The van der Waals surface area contributed by atoms with E-state index in [1.165, 1.54) is 4.57 Å². The number of ether oxygens (including phenoxy) is 1. The van der Waals surface area contributed by atoms with Crippen molar-refractivity contribution in [2.75, 3.05) is 13.7 Å². The Kier molecular flexibility index (Phi) is 4.61. The second kappa shape index (κ2) is 7.23. The molecule has 0 spiro atoms. The fraction of sp³-hybridized carbons (Fsp3) is 0.182. The summed E-state index contributed by atoms with van der Waals surface area (Å²) in [6.07, 6.45) is 2.63. The number of rotatable bonds is 5. The molecule has 1 amide bonds. The normalized spacial score (nSPS) is 11.1. The molecule has 28 heavy (non-hydrogen) atoms. The molecule has 142 valence electrons. The highest BCUT2D eigenvalue weighted by Gasteiger charge is 2.13. The summed E-state index contributed by atoms with van der Waals surface area (Å²) in [5.41, 5.74) is 2.30. The van der Waals surface area contributed by atoms with E-state index in [1.807, 2.05) is 42.6 Å². The number of pyridine rings is 1. The van der Waals surface area contributed by atoms with Gasteiger partial charge in [0, 0.05) is 42.1 Å². The summed E-state index contributed by atoms with van der Waals surface area (Å²) in [6.45, 7) is 0.471. The summed E-state index contributed by atoms with van der Waals surface area (Å²) < 4.78 is 6.64. The number of benzene rings is 2. The van der Waals surface area contributed by atoms with Gasteiger partial charge in [0.05, 0.1) is 7.11 Å². The lowest BCUT2D eigenvalue weighted by Gasteiger charge is -2.10. The molecule has 0 atom stereocenters. The monoisotopic (exact) mass is 375 g/mol. The van der Waals surface area contributed by atoms with E-state index in [1.54, 1.807) is 26.3 Å². The van der Waals surface area contributed by atoms with Crippen molar-refractivity contribution in [2.24, 2.45) is 7.05 Å². The number of hydrogen-bond donors (Lipinski definition) is 2. The minimum atomic E-state index is -0.258. The molecule has 0 radical (unpaired) electrons. The van der Waals surface area contributed by atoms with Crippen LogP contribution in [0.15, 0.2) is 59.5 Å². The Labute approximate surface area is 161 Å². The number of aromatic amines is 1. The number of hydrogen-bond acceptors (Lipinski definition) is 3. The fourth-order valence-electron chi connectivity index (χ4n) is 3.47. The zero-order valence-corrected chi connectivity index (χ0v) is 15.8. The smallest absolute Gasteiger partial charge is 0.268 e. The summed E-state index contributed by atoms with van der Waals surface area (Å²) in [4.78, 5) is 28.4. The van der Waals surface area contributed by atoms with Crippen LogP contribution >= 0.6 is 0 Å². The lowest BCUT2D eigenvalue weighted by atomic mass is 10.1. The van der Waals surface area contributed by atoms with Crippen molar-refractivity contribution in [3.63, 3.8) is 0 Å². The molecule has 2 aromatic heterocycles. The Morgan fingerprint density at radius 3 is 2.79 bits per heavy atom. The summed E-state index contributed by atoms with van der Waals surface area (Å²) in [6, 6.07) is 14.9. The molecule has 2 N–H and O–H groups in total. The first-order valence-electron chi connectivity index (χ1n) is 9.09. The predicted octanol–water partition coefficient (Wildman–Crippen LogP) is 3.00. The predicted molar refractivity (Wildman–Crippen MR) is 110 cm³/mol. The maximum absolute atomic E-state index is 12.6. The maximum atomic E-state index is 12.6. The number of amides is 1. The first-order chi connectivity index (χ1) is 13.6. The van der Waals surface area contributed by atoms with Crippen LogP contribution < -0.4 is 15.6 Å². The third-order valence-electron chi connectivity index (χ3n) is 5.04. The number of carbonyl (C=O) groups excluding carboxylic acids is 1. The lowest BCUT2D eigenvalue weighted by Crippen LogP contribution is -2.32. The summed E-state index contributed by atoms with van der Waals surface area (Å²) in [7, 11) is 3.26. The standard InChI is InChI=1S/C22H21N3O3/c1-25-20(11-14-5-3-4-6-18(14)22(25)27)21(26)23-10-9-15-13-24-19-12-16(28-2)7-8-17(15)19/h3-8,11-13,24H,9-10H2,1-2H3,(H,23,26). The minimum absolute atomic E-state index is 0.172. The van der Waals surface area contributed by atoms with Crippen molar-refractivity contribution in [1.29, 1.82) is 0 Å². The highest BCUT2D eigenvalue weighted by molar-refractivity contribution is 5.96. The van der Waals surface area contributed by atoms with Gasteiger partial charge in [-0.1, -0.05) is 18.2 Å². The van der Waals surface area contributed by atoms with Crippen LogP contribution in [0.25, 0.3) is 21.7 Å². The molecule has 0 unspecified atom stereocenters. The van der Waals surface area contributed by atoms with E-state index in [0.717, 1.165) is 27.6 Å². The van der Waals surface area contributed by atoms with Gasteiger partial charge in [-0.2, -0.15) is 0 Å². The molecule has 0 bridgehead atoms. The number of carbonyl (C=O) groups is 1. The second-order valence-electron chi connectivity index (χ2n) is 6.71. The van der Waals surface area contributed by atoms with Gasteiger partial charge in [-0.15, -0.1) is 0 Å². The third kappa shape index (κ3) is 3.13. The van der Waals surface area contributed by atoms with E-state index < -0.39 is 0 Å². The molecule has 4 rings (SSSR count). The van der Waals surface area contributed by atoms with Gasteiger partial charge >= 0.3 is 0 Å². The van der Waals surface area contributed by atoms with E-state index in [4.69, 9.17) is 4.74 Å². The molecular weight excluding hydrogens is 354 g/mol. The van der Waals surface area contributed by atoms with E-state index in [9.17, 15) is 9.59 Å². The molecule has 0 saturated heterocycles. The van der Waals surface area contributed by atoms with Gasteiger partial charge in [0.15, 0.2) is 0 Å². The highest BCUT2D eigenvalue weighted by atomic mass is 16.5. The van der Waals surface area contributed by atoms with E-state index >= 15 is 0 Å². The first-order valence-corrected chi connectivity index (χ1v) is 9.09. The van der Waals surface area contributed by atoms with Crippen LogP contribution in [0.3, 0.4) is 0 Å². The van der Waals surface area contributed by atoms with E-state index in [2.05, 4.69) is 10.3 Å². The quantitative estimate of drug-likeness (QED) is 0.563. The van der Waals surface area contributed by atoms with Crippen molar-refractivity contribution >= 4 is 27.6 Å². The van der Waals surface area contributed by atoms with Gasteiger partial charge in [-0.05, 0) is 41.6 Å². The largest absolute Gasteiger partial charge is 0.497 e. The van der Waals surface area contributed by atoms with Crippen LogP contribution in [0.5, 0.6) is 5.75 Å². The topological polar surface area (TPSA) is 76.1 Å². The SMILES string of the molecule is COc1ccc2c(CCNC(=O)c3cc4ccccc4c(=O)n3C)c[nH]c2c1. The van der Waals surface area contributed by atoms with Gasteiger partial charge < -0.3 is 19.6 Å². The molecule has 4 aromatic rings. The lowest BCUT2D eigenvalue weighted by molar-refractivity contribution is 0.0945. The number of nitrogens with one attached hydrogen (secondary N) is 2. The van der Waals surface area contributed by atoms with Crippen LogP contribution in [0.1, 0.15) is 16.1 Å². The summed E-state index contributed by atoms with van der Waals surface area (Å²) >= 11 is 0. The average molecular weight is 375 g/mol. The van der Waals surface area contributed by atoms with Crippen LogP contribution in [0.4, 0.5) is 0 Å². The molecule has 2 heterocycles. The van der Waals surface area contributed by atoms with Gasteiger partial charge in [0.2, 0.25) is 0 Å². The van der Waals surface area contributed by atoms with Crippen molar-refractivity contribution in [1.82, 2.24) is 14.9 Å². The molecule has 0 aliphatic rings. The van der Waals surface area contributed by atoms with Crippen LogP contribution in [0.2, 0.25) is 0 Å². The van der Waals surface area contributed by atoms with Crippen LogP contribution in [-0.4, -0.2) is 29.1 Å². The molecule has 0 aliphatic heterocycles. The molecule has 0 aliphatic carbocycles. The zero-order chi connectivity index (χ0) is 19.7. The van der Waals surface area contributed by atoms with Crippen molar-refractivity contribution in [3.8, 4) is 5.75 Å². The van der Waals surface area contributed by atoms with Gasteiger partial charge in [-0.25, -0.2) is 0 Å². The van der Waals surface area contributed by atoms with Gasteiger partial charge in [0.1, 0.15) is 11.4 Å². The number of nitrogens with zero attached hydrogens (tertiary/aromatic N) is 1. The van der Waals surface area contributed by atoms with E-state index in [-0.39, 0.29) is 11.5 Å². The Morgan fingerprint density at radius 1 is 1.14 bits per heavy atom. The summed E-state index contributed by atoms with van der Waals surface area (Å²) in [5.74, 6) is 0.540. The Morgan fingerprint density at radius 2 is 1.96 bits per heavy atom. The van der Waals surface area contributed by atoms with E-state index in [0.29, 0.717) is 24.0 Å². The molecular formula is C22H21N3O3. The number of H-pyrrole nitrogens is 1. The number of aromatic nitrogens is 2. The molecule has 6 nitrogen and oxygen atoms in total. The van der Waals surface area contributed by atoms with Crippen LogP contribution in [-0.2, 0) is 13.5 Å². The third-order valence-corrected chi connectivity index (χ3v) is 5.04. The second-order valence-corrected chi connectivity index (χ2v) is 6.71. The Bertz CT molecular complexity index is 1240. The Hall–Kier alpha value is -3.54. The van der Waals surface area contributed by atoms with Gasteiger partial charge in [0.25, 0.3) is 11.5 Å². The van der Waals surface area contributed by atoms with Gasteiger partial charge in [-0.3, -0.25) is 9.59 Å². The molecule has 0 saturated carbocycles. The number of methoxy groups -OCH3 is 1.